The summed E-state index contributed by atoms with van der Waals surface area (Å²) in [6.07, 6.45) is 1.91. The molecule has 0 saturated heterocycles. The first kappa shape index (κ1) is 15.6. The van der Waals surface area contributed by atoms with Crippen molar-refractivity contribution in [3.05, 3.63) is 71.0 Å². The number of hydrogen-bond acceptors (Lipinski definition) is 2. The van der Waals surface area contributed by atoms with Gasteiger partial charge in [-0.2, -0.15) is 0 Å². The highest BCUT2D eigenvalue weighted by Gasteiger charge is 2.03. The van der Waals surface area contributed by atoms with Crippen LogP contribution in [0, 0.1) is 5.82 Å². The van der Waals surface area contributed by atoms with E-state index in [9.17, 15) is 4.39 Å². The lowest BCUT2D eigenvalue weighted by Crippen LogP contribution is -2.10. The molecule has 0 spiro atoms. The smallest absolute Gasteiger partial charge is 0.124 e. The molecule has 0 fully saturated rings. The number of ether oxygens (including phenoxy) is 1. The molecule has 0 aliphatic rings. The minimum atomic E-state index is -0.344. The Morgan fingerprint density at radius 3 is 2.57 bits per heavy atom. The van der Waals surface area contributed by atoms with E-state index in [1.807, 2.05) is 18.2 Å². The molecule has 2 nitrogen and oxygen atoms in total. The number of hydrogen-bond donors (Lipinski definition) is 1. The summed E-state index contributed by atoms with van der Waals surface area (Å²) >= 11 is 4.86. The van der Waals surface area contributed by atoms with Crippen molar-refractivity contribution >= 4 is 17.2 Å². The van der Waals surface area contributed by atoms with E-state index in [0.29, 0.717) is 18.8 Å². The van der Waals surface area contributed by atoms with Crippen LogP contribution in [-0.2, 0) is 17.8 Å². The van der Waals surface area contributed by atoms with Gasteiger partial charge in [-0.3, -0.25) is 0 Å². The minimum Gasteiger partial charge on any atom is -0.389 e. The Bertz CT molecular complexity index is 601. The lowest BCUT2D eigenvalue weighted by Gasteiger charge is -2.07. The molecule has 0 heterocycles. The molecule has 4 heteroatoms. The molecule has 0 amide bonds. The van der Waals surface area contributed by atoms with E-state index in [0.717, 1.165) is 18.4 Å². The van der Waals surface area contributed by atoms with E-state index in [1.54, 1.807) is 6.07 Å². The zero-order chi connectivity index (χ0) is 15.1. The second-order valence-corrected chi connectivity index (χ2v) is 5.29. The standard InChI is InChI=1S/C17H18FNOS/c18-16-10-14(9-15(11-16)17(19)21)12-20-8-4-7-13-5-2-1-3-6-13/h1-3,5-6,9-11H,4,7-8,12H2,(H2,19,21). The number of benzene rings is 2. The molecule has 110 valence electrons. The first-order chi connectivity index (χ1) is 10.1. The van der Waals surface area contributed by atoms with Gasteiger partial charge in [-0.25, -0.2) is 4.39 Å². The molecule has 2 aromatic carbocycles. The SMILES string of the molecule is NC(=S)c1cc(F)cc(COCCCc2ccccc2)c1. The van der Waals surface area contributed by atoms with Gasteiger partial charge in [0.15, 0.2) is 0 Å². The molecule has 21 heavy (non-hydrogen) atoms. The predicted octanol–water partition coefficient (Wildman–Crippen LogP) is 3.61. The van der Waals surface area contributed by atoms with Crippen LogP contribution in [0.4, 0.5) is 4.39 Å². The molecule has 0 radical (unpaired) electrons. The summed E-state index contributed by atoms with van der Waals surface area (Å²) in [6.45, 7) is 0.996. The molecule has 0 unspecified atom stereocenters. The van der Waals surface area contributed by atoms with E-state index in [1.165, 1.54) is 17.7 Å². The van der Waals surface area contributed by atoms with Gasteiger partial charge in [-0.05, 0) is 42.2 Å². The Labute approximate surface area is 129 Å². The van der Waals surface area contributed by atoms with E-state index >= 15 is 0 Å². The van der Waals surface area contributed by atoms with Gasteiger partial charge in [0.2, 0.25) is 0 Å². The van der Waals surface area contributed by atoms with Crippen LogP contribution >= 0.6 is 12.2 Å². The highest BCUT2D eigenvalue weighted by Crippen LogP contribution is 2.11. The lowest BCUT2D eigenvalue weighted by molar-refractivity contribution is 0.118. The number of thiocarbonyl (C=S) groups is 1. The second kappa shape index (κ2) is 7.86. The van der Waals surface area contributed by atoms with Crippen molar-refractivity contribution < 1.29 is 9.13 Å². The van der Waals surface area contributed by atoms with Crippen LogP contribution in [-0.4, -0.2) is 11.6 Å². The predicted molar refractivity (Wildman–Crippen MR) is 86.7 cm³/mol. The maximum Gasteiger partial charge on any atom is 0.124 e. The first-order valence-electron chi connectivity index (χ1n) is 6.86. The first-order valence-corrected chi connectivity index (χ1v) is 7.27. The van der Waals surface area contributed by atoms with Gasteiger partial charge < -0.3 is 10.5 Å². The normalized spacial score (nSPS) is 10.5. The Hall–Kier alpha value is -1.78. The van der Waals surface area contributed by atoms with Crippen LogP contribution in [0.3, 0.4) is 0 Å². The Kier molecular flexibility index (Phi) is 5.84. The summed E-state index contributed by atoms with van der Waals surface area (Å²) in [7, 11) is 0. The van der Waals surface area contributed by atoms with E-state index in [4.69, 9.17) is 22.7 Å². The van der Waals surface area contributed by atoms with Gasteiger partial charge >= 0.3 is 0 Å². The van der Waals surface area contributed by atoms with Crippen LogP contribution in [0.1, 0.15) is 23.1 Å². The summed E-state index contributed by atoms with van der Waals surface area (Å²) < 4.78 is 19.0. The quantitative estimate of drug-likeness (QED) is 0.627. The topological polar surface area (TPSA) is 35.2 Å². The third-order valence-electron chi connectivity index (χ3n) is 3.11. The monoisotopic (exact) mass is 303 g/mol. The molecule has 2 rings (SSSR count). The Morgan fingerprint density at radius 1 is 1.10 bits per heavy atom. The van der Waals surface area contributed by atoms with Crippen LogP contribution in [0.25, 0.3) is 0 Å². The fourth-order valence-electron chi connectivity index (χ4n) is 2.09. The van der Waals surface area contributed by atoms with Gasteiger partial charge in [0, 0.05) is 12.2 Å². The minimum absolute atomic E-state index is 0.194. The van der Waals surface area contributed by atoms with Crippen LogP contribution in [0.15, 0.2) is 48.5 Å². The molecule has 0 atom stereocenters. The highest BCUT2D eigenvalue weighted by atomic mass is 32.1. The average Bonchev–Trinajstić information content (AvgIpc) is 2.47. The van der Waals surface area contributed by atoms with Crippen LogP contribution < -0.4 is 5.73 Å². The summed E-state index contributed by atoms with van der Waals surface area (Å²) in [5.41, 5.74) is 8.09. The van der Waals surface area contributed by atoms with E-state index in [-0.39, 0.29) is 10.8 Å². The molecule has 0 aliphatic heterocycles. The molecule has 0 aliphatic carbocycles. The summed E-state index contributed by atoms with van der Waals surface area (Å²) in [5, 5.41) is 0. The third kappa shape index (κ3) is 5.25. The van der Waals surface area contributed by atoms with Gasteiger partial charge in [0.25, 0.3) is 0 Å². The van der Waals surface area contributed by atoms with Crippen molar-refractivity contribution in [2.75, 3.05) is 6.61 Å². The number of nitrogens with two attached hydrogens (primary N) is 1. The van der Waals surface area contributed by atoms with Crippen molar-refractivity contribution in [2.24, 2.45) is 5.73 Å². The molecule has 0 bridgehead atoms. The number of halogens is 1. The maximum absolute atomic E-state index is 13.4. The largest absolute Gasteiger partial charge is 0.389 e. The maximum atomic E-state index is 13.4. The van der Waals surface area contributed by atoms with Gasteiger partial charge in [-0.15, -0.1) is 0 Å². The van der Waals surface area contributed by atoms with Crippen molar-refractivity contribution in [3.63, 3.8) is 0 Å². The number of rotatable bonds is 7. The second-order valence-electron chi connectivity index (χ2n) is 4.85. The molecular weight excluding hydrogens is 285 g/mol. The molecule has 0 aromatic heterocycles. The fourth-order valence-corrected chi connectivity index (χ4v) is 2.21. The highest BCUT2D eigenvalue weighted by molar-refractivity contribution is 7.80. The van der Waals surface area contributed by atoms with Gasteiger partial charge in [-0.1, -0.05) is 42.5 Å². The van der Waals surface area contributed by atoms with E-state index in [2.05, 4.69) is 12.1 Å². The molecular formula is C17H18FNOS. The molecule has 2 aromatic rings. The lowest BCUT2D eigenvalue weighted by atomic mass is 10.1. The van der Waals surface area contributed by atoms with E-state index < -0.39 is 0 Å². The van der Waals surface area contributed by atoms with Crippen molar-refractivity contribution in [1.82, 2.24) is 0 Å². The van der Waals surface area contributed by atoms with Crippen molar-refractivity contribution in [2.45, 2.75) is 19.4 Å². The van der Waals surface area contributed by atoms with Crippen molar-refractivity contribution in [1.29, 1.82) is 0 Å². The summed E-state index contributed by atoms with van der Waals surface area (Å²) in [6, 6.07) is 14.8. The van der Waals surface area contributed by atoms with Crippen LogP contribution in [0.2, 0.25) is 0 Å². The summed E-state index contributed by atoms with van der Waals surface area (Å²) in [5.74, 6) is -0.344. The van der Waals surface area contributed by atoms with Gasteiger partial charge in [0.05, 0.1) is 6.61 Å². The van der Waals surface area contributed by atoms with Crippen LogP contribution in [0.5, 0.6) is 0 Å². The Balaban J connectivity index is 1.77. The molecule has 0 saturated carbocycles. The third-order valence-corrected chi connectivity index (χ3v) is 3.34. The number of aryl methyl sites for hydroxylation is 1. The zero-order valence-corrected chi connectivity index (χ0v) is 12.5. The average molecular weight is 303 g/mol. The Morgan fingerprint density at radius 2 is 1.86 bits per heavy atom. The fraction of sp³-hybridized carbons (Fsp3) is 0.235. The summed E-state index contributed by atoms with van der Waals surface area (Å²) in [4.78, 5) is 0.194. The van der Waals surface area contributed by atoms with Gasteiger partial charge in [0.1, 0.15) is 10.8 Å². The van der Waals surface area contributed by atoms with Crippen molar-refractivity contribution in [3.8, 4) is 0 Å². The molecule has 2 N–H and O–H groups in total. The zero-order valence-electron chi connectivity index (χ0n) is 11.7.